The lowest BCUT2D eigenvalue weighted by Crippen LogP contribution is -2.47. The number of nitrogens with zero attached hydrogens (tertiary/aromatic N) is 1. The van der Waals surface area contributed by atoms with E-state index in [1.54, 1.807) is 0 Å². The Morgan fingerprint density at radius 1 is 1.40 bits per heavy atom. The summed E-state index contributed by atoms with van der Waals surface area (Å²) in [5.74, 6) is 0. The molecular formula is C14H25N. The summed E-state index contributed by atoms with van der Waals surface area (Å²) in [6.07, 6.45) is 8.34. The van der Waals surface area contributed by atoms with Gasteiger partial charge in [-0.2, -0.15) is 0 Å². The summed E-state index contributed by atoms with van der Waals surface area (Å²) in [6, 6.07) is 1.62. The van der Waals surface area contributed by atoms with E-state index in [0.717, 1.165) is 12.1 Å². The fourth-order valence-corrected chi connectivity index (χ4v) is 3.45. The minimum atomic E-state index is 0.620. The molecule has 1 saturated heterocycles. The van der Waals surface area contributed by atoms with Crippen LogP contribution in [0.15, 0.2) is 12.2 Å². The molecule has 1 saturated carbocycles. The Labute approximate surface area is 94.5 Å². The van der Waals surface area contributed by atoms with E-state index in [4.69, 9.17) is 0 Å². The quantitative estimate of drug-likeness (QED) is 0.639. The van der Waals surface area contributed by atoms with Gasteiger partial charge in [-0.15, -0.1) is 6.58 Å². The van der Waals surface area contributed by atoms with E-state index >= 15 is 0 Å². The van der Waals surface area contributed by atoms with Crippen molar-refractivity contribution in [2.24, 2.45) is 5.41 Å². The zero-order valence-corrected chi connectivity index (χ0v) is 10.6. The molecule has 0 aromatic heterocycles. The highest BCUT2D eigenvalue weighted by molar-refractivity contribution is 5.10. The van der Waals surface area contributed by atoms with Gasteiger partial charge in [0.15, 0.2) is 0 Å². The predicted octanol–water partition coefficient (Wildman–Crippen LogP) is 3.61. The van der Waals surface area contributed by atoms with Crippen LogP contribution in [0.5, 0.6) is 0 Å². The molecule has 2 atom stereocenters. The number of hydrogen-bond acceptors (Lipinski definition) is 1. The van der Waals surface area contributed by atoms with Crippen LogP contribution in [-0.4, -0.2) is 24.0 Å². The molecule has 0 aromatic rings. The lowest BCUT2D eigenvalue weighted by molar-refractivity contribution is 0.0710. The van der Waals surface area contributed by atoms with Gasteiger partial charge in [-0.05, 0) is 58.4 Å². The van der Waals surface area contributed by atoms with Gasteiger partial charge in [0.2, 0.25) is 0 Å². The Hall–Kier alpha value is -0.300. The molecule has 1 nitrogen and oxygen atoms in total. The average Bonchev–Trinajstić information content (AvgIpc) is 2.89. The zero-order valence-electron chi connectivity index (χ0n) is 10.6. The first-order valence-corrected chi connectivity index (χ1v) is 6.41. The van der Waals surface area contributed by atoms with Crippen molar-refractivity contribution >= 4 is 0 Å². The molecule has 86 valence electrons. The van der Waals surface area contributed by atoms with E-state index in [1.165, 1.54) is 44.1 Å². The Kier molecular flexibility index (Phi) is 2.94. The second-order valence-electron chi connectivity index (χ2n) is 5.96. The maximum atomic E-state index is 4.10. The zero-order chi connectivity index (χ0) is 11.1. The third kappa shape index (κ3) is 2.13. The van der Waals surface area contributed by atoms with E-state index in [1.807, 2.05) is 0 Å². The second-order valence-corrected chi connectivity index (χ2v) is 5.96. The first-order chi connectivity index (χ1) is 7.05. The van der Waals surface area contributed by atoms with Crippen molar-refractivity contribution in [3.05, 3.63) is 12.2 Å². The number of likely N-dealkylation sites (tertiary alicyclic amines) is 1. The lowest BCUT2D eigenvalue weighted by Gasteiger charge is -2.43. The van der Waals surface area contributed by atoms with Crippen molar-refractivity contribution in [3.8, 4) is 0 Å². The third-order valence-corrected chi connectivity index (χ3v) is 4.54. The van der Waals surface area contributed by atoms with Gasteiger partial charge in [-0.1, -0.05) is 12.0 Å². The average molecular weight is 207 g/mol. The molecule has 0 N–H and O–H groups in total. The van der Waals surface area contributed by atoms with Crippen molar-refractivity contribution in [2.45, 2.75) is 64.5 Å². The van der Waals surface area contributed by atoms with Crippen molar-refractivity contribution in [1.82, 2.24) is 4.90 Å². The summed E-state index contributed by atoms with van der Waals surface area (Å²) in [6.45, 7) is 8.67. The lowest BCUT2D eigenvalue weighted by atomic mass is 9.82. The summed E-state index contributed by atoms with van der Waals surface area (Å²) >= 11 is 0. The van der Waals surface area contributed by atoms with Crippen LogP contribution in [0.4, 0.5) is 0 Å². The number of rotatable bonds is 3. The molecular weight excluding hydrogens is 182 g/mol. The standard InChI is InChI=1S/C14H25N/c1-11(2)10-14(8-9-14)13-7-5-6-12(3)15(13)4/h12-13H,1,5-10H2,2-4H3/t12?,13-/m1/s1. The molecule has 0 radical (unpaired) electrons. The largest absolute Gasteiger partial charge is 0.300 e. The summed E-state index contributed by atoms with van der Waals surface area (Å²) in [7, 11) is 2.33. The highest BCUT2D eigenvalue weighted by Crippen LogP contribution is 2.56. The Bertz CT molecular complexity index is 252. The van der Waals surface area contributed by atoms with E-state index in [9.17, 15) is 0 Å². The molecule has 1 unspecified atom stereocenters. The fraction of sp³-hybridized carbons (Fsp3) is 0.857. The molecule has 1 heteroatoms. The molecule has 0 amide bonds. The van der Waals surface area contributed by atoms with Gasteiger partial charge < -0.3 is 4.90 Å². The van der Waals surface area contributed by atoms with Crippen LogP contribution in [0.2, 0.25) is 0 Å². The molecule has 15 heavy (non-hydrogen) atoms. The van der Waals surface area contributed by atoms with Crippen molar-refractivity contribution < 1.29 is 0 Å². The van der Waals surface area contributed by atoms with Crippen LogP contribution in [0.3, 0.4) is 0 Å². The molecule has 2 fully saturated rings. The van der Waals surface area contributed by atoms with Crippen LogP contribution < -0.4 is 0 Å². The molecule has 2 rings (SSSR count). The van der Waals surface area contributed by atoms with E-state index in [-0.39, 0.29) is 0 Å². The summed E-state index contributed by atoms with van der Waals surface area (Å²) in [4.78, 5) is 2.64. The maximum absolute atomic E-state index is 4.10. The van der Waals surface area contributed by atoms with Gasteiger partial charge in [-0.25, -0.2) is 0 Å². The fourth-order valence-electron chi connectivity index (χ4n) is 3.45. The Morgan fingerprint density at radius 2 is 2.07 bits per heavy atom. The van der Waals surface area contributed by atoms with Gasteiger partial charge >= 0.3 is 0 Å². The predicted molar refractivity (Wildman–Crippen MR) is 66.0 cm³/mol. The van der Waals surface area contributed by atoms with E-state index in [0.29, 0.717) is 5.41 Å². The van der Waals surface area contributed by atoms with Gasteiger partial charge in [-0.3, -0.25) is 0 Å². The van der Waals surface area contributed by atoms with Crippen LogP contribution in [0, 0.1) is 5.41 Å². The molecule has 0 bridgehead atoms. The second kappa shape index (κ2) is 3.93. The van der Waals surface area contributed by atoms with Gasteiger partial charge in [0, 0.05) is 12.1 Å². The number of piperidine rings is 1. The molecule has 2 aliphatic rings. The maximum Gasteiger partial charge on any atom is 0.0154 e. The highest BCUT2D eigenvalue weighted by atomic mass is 15.2. The van der Waals surface area contributed by atoms with Gasteiger partial charge in [0.25, 0.3) is 0 Å². The van der Waals surface area contributed by atoms with E-state index in [2.05, 4.69) is 32.4 Å². The minimum absolute atomic E-state index is 0.620. The normalized spacial score (nSPS) is 35.1. The SMILES string of the molecule is C=C(C)CC1([C@H]2CCCC(C)N2C)CC1. The van der Waals surface area contributed by atoms with Crippen LogP contribution >= 0.6 is 0 Å². The van der Waals surface area contributed by atoms with Crippen LogP contribution in [-0.2, 0) is 0 Å². The smallest absolute Gasteiger partial charge is 0.0154 e. The molecule has 0 spiro atoms. The topological polar surface area (TPSA) is 3.24 Å². The van der Waals surface area contributed by atoms with E-state index < -0.39 is 0 Å². The van der Waals surface area contributed by atoms with Crippen molar-refractivity contribution in [3.63, 3.8) is 0 Å². The molecule has 1 aliphatic carbocycles. The van der Waals surface area contributed by atoms with Crippen LogP contribution in [0.1, 0.15) is 52.4 Å². The monoisotopic (exact) mass is 207 g/mol. The molecule has 1 heterocycles. The van der Waals surface area contributed by atoms with Gasteiger partial charge in [0.05, 0.1) is 0 Å². The van der Waals surface area contributed by atoms with Gasteiger partial charge in [0.1, 0.15) is 0 Å². The first kappa shape index (κ1) is 11.2. The van der Waals surface area contributed by atoms with Crippen molar-refractivity contribution in [2.75, 3.05) is 7.05 Å². The molecule has 0 aromatic carbocycles. The summed E-state index contributed by atoms with van der Waals surface area (Å²) in [5, 5.41) is 0. The first-order valence-electron chi connectivity index (χ1n) is 6.41. The number of hydrogen-bond donors (Lipinski definition) is 0. The highest BCUT2D eigenvalue weighted by Gasteiger charge is 2.51. The number of allylic oxidation sites excluding steroid dienone is 1. The van der Waals surface area contributed by atoms with Crippen LogP contribution in [0.25, 0.3) is 0 Å². The van der Waals surface area contributed by atoms with Crippen molar-refractivity contribution in [1.29, 1.82) is 0 Å². The molecule has 1 aliphatic heterocycles. The summed E-state index contributed by atoms with van der Waals surface area (Å²) in [5.41, 5.74) is 1.99. The minimum Gasteiger partial charge on any atom is -0.300 e. The Morgan fingerprint density at radius 3 is 2.60 bits per heavy atom. The summed E-state index contributed by atoms with van der Waals surface area (Å²) < 4.78 is 0. The third-order valence-electron chi connectivity index (χ3n) is 4.54. The Balaban J connectivity index is 2.05.